The summed E-state index contributed by atoms with van der Waals surface area (Å²) in [5.74, 6) is 0.342. The molecule has 0 amide bonds. The van der Waals surface area contributed by atoms with Crippen molar-refractivity contribution in [2.75, 3.05) is 0 Å². The lowest BCUT2D eigenvalue weighted by molar-refractivity contribution is 0.226. The van der Waals surface area contributed by atoms with Crippen molar-refractivity contribution in [3.63, 3.8) is 0 Å². The molecular weight excluding hydrogens is 234 g/mol. The average Bonchev–Trinajstić information content (AvgIpc) is 2.37. The van der Waals surface area contributed by atoms with Gasteiger partial charge in [0.2, 0.25) is 0 Å². The van der Waals surface area contributed by atoms with E-state index in [0.717, 1.165) is 0 Å². The summed E-state index contributed by atoms with van der Waals surface area (Å²) in [5, 5.41) is 13.3. The van der Waals surface area contributed by atoms with Gasteiger partial charge >= 0.3 is 0 Å². The molecule has 19 heavy (non-hydrogen) atoms. The Labute approximate surface area is 117 Å². The van der Waals surface area contributed by atoms with Crippen LogP contribution in [0, 0.1) is 5.41 Å². The number of nitrogens with one attached hydrogen (secondary N) is 1. The van der Waals surface area contributed by atoms with Gasteiger partial charge in [0.1, 0.15) is 5.75 Å². The van der Waals surface area contributed by atoms with Crippen LogP contribution in [0.5, 0.6) is 5.75 Å². The Morgan fingerprint density at radius 2 is 1.63 bits per heavy atom. The molecule has 1 aliphatic rings. The van der Waals surface area contributed by atoms with Gasteiger partial charge in [-0.3, -0.25) is 0 Å². The quantitative estimate of drug-likeness (QED) is 0.845. The summed E-state index contributed by atoms with van der Waals surface area (Å²) in [6.07, 6.45) is 6.68. The van der Waals surface area contributed by atoms with E-state index >= 15 is 0 Å². The molecule has 1 atom stereocenters. The van der Waals surface area contributed by atoms with Gasteiger partial charge in [-0.05, 0) is 36.0 Å². The Morgan fingerprint density at radius 3 is 2.16 bits per heavy atom. The third-order valence-electron chi connectivity index (χ3n) is 4.10. The minimum atomic E-state index is 0.175. The van der Waals surface area contributed by atoms with E-state index in [1.54, 1.807) is 12.1 Å². The number of rotatable bonds is 3. The largest absolute Gasteiger partial charge is 0.508 e. The van der Waals surface area contributed by atoms with Crippen molar-refractivity contribution in [2.24, 2.45) is 5.41 Å². The molecule has 106 valence electrons. The molecule has 0 bridgehead atoms. The van der Waals surface area contributed by atoms with Crippen LogP contribution in [-0.4, -0.2) is 11.1 Å². The molecule has 0 heterocycles. The predicted molar refractivity (Wildman–Crippen MR) is 80.3 cm³/mol. The Kier molecular flexibility index (Phi) is 4.51. The van der Waals surface area contributed by atoms with E-state index in [1.165, 1.54) is 37.7 Å². The highest BCUT2D eigenvalue weighted by Gasteiger charge is 2.28. The summed E-state index contributed by atoms with van der Waals surface area (Å²) in [6.45, 7) is 6.83. The first-order valence-electron chi connectivity index (χ1n) is 7.52. The normalized spacial score (nSPS) is 19.3. The Bertz CT molecular complexity index is 385. The molecule has 2 rings (SSSR count). The second kappa shape index (κ2) is 5.96. The molecule has 1 aromatic carbocycles. The minimum absolute atomic E-state index is 0.175. The fourth-order valence-electron chi connectivity index (χ4n) is 3.02. The maximum Gasteiger partial charge on any atom is 0.115 e. The first kappa shape index (κ1) is 14.4. The predicted octanol–water partition coefficient (Wildman–Crippen LogP) is 4.40. The van der Waals surface area contributed by atoms with E-state index in [4.69, 9.17) is 0 Å². The van der Waals surface area contributed by atoms with E-state index in [9.17, 15) is 5.11 Å². The van der Waals surface area contributed by atoms with Gasteiger partial charge in [0.05, 0.1) is 0 Å². The fourth-order valence-corrected chi connectivity index (χ4v) is 3.02. The lowest BCUT2D eigenvalue weighted by atomic mass is 9.81. The number of phenols is 1. The van der Waals surface area contributed by atoms with Gasteiger partial charge in [-0.2, -0.15) is 0 Å². The zero-order valence-corrected chi connectivity index (χ0v) is 12.4. The Morgan fingerprint density at radius 1 is 1.05 bits per heavy atom. The molecule has 0 spiro atoms. The highest BCUT2D eigenvalue weighted by molar-refractivity contribution is 5.29. The summed E-state index contributed by atoms with van der Waals surface area (Å²) >= 11 is 0. The van der Waals surface area contributed by atoms with Crippen LogP contribution >= 0.6 is 0 Å². The lowest BCUT2D eigenvalue weighted by Gasteiger charge is -2.36. The molecule has 2 nitrogen and oxygen atoms in total. The second-order valence-corrected chi connectivity index (χ2v) is 6.89. The van der Waals surface area contributed by atoms with Gasteiger partial charge in [-0.15, -0.1) is 0 Å². The Balaban J connectivity index is 2.13. The van der Waals surface area contributed by atoms with E-state index in [-0.39, 0.29) is 5.41 Å². The van der Waals surface area contributed by atoms with Crippen molar-refractivity contribution < 1.29 is 5.11 Å². The number of hydrogen-bond acceptors (Lipinski definition) is 2. The van der Waals surface area contributed by atoms with Gasteiger partial charge in [0, 0.05) is 12.1 Å². The first-order valence-corrected chi connectivity index (χ1v) is 7.52. The molecule has 1 aromatic rings. The number of aromatic hydroxyl groups is 1. The maximum absolute atomic E-state index is 9.44. The van der Waals surface area contributed by atoms with Gasteiger partial charge in [-0.1, -0.05) is 52.2 Å². The molecule has 0 aliphatic heterocycles. The molecule has 1 saturated carbocycles. The zero-order chi connectivity index (χ0) is 13.9. The average molecular weight is 261 g/mol. The van der Waals surface area contributed by atoms with Crippen molar-refractivity contribution in [3.05, 3.63) is 29.8 Å². The van der Waals surface area contributed by atoms with Crippen LogP contribution in [0.25, 0.3) is 0 Å². The van der Waals surface area contributed by atoms with Crippen LogP contribution in [0.4, 0.5) is 0 Å². The van der Waals surface area contributed by atoms with Crippen LogP contribution in [-0.2, 0) is 0 Å². The minimum Gasteiger partial charge on any atom is -0.508 e. The second-order valence-electron chi connectivity index (χ2n) is 6.89. The van der Waals surface area contributed by atoms with Crippen LogP contribution < -0.4 is 5.32 Å². The molecule has 0 aromatic heterocycles. The van der Waals surface area contributed by atoms with Crippen LogP contribution in [0.3, 0.4) is 0 Å². The SMILES string of the molecule is CC(C)(C)C(NC1CCCCC1)c1ccc(O)cc1. The van der Waals surface area contributed by atoms with E-state index in [0.29, 0.717) is 17.8 Å². The molecule has 1 fully saturated rings. The number of phenolic OH excluding ortho intramolecular Hbond substituents is 1. The van der Waals surface area contributed by atoms with Crippen LogP contribution in [0.2, 0.25) is 0 Å². The van der Waals surface area contributed by atoms with Crippen molar-refractivity contribution in [1.82, 2.24) is 5.32 Å². The van der Waals surface area contributed by atoms with Crippen molar-refractivity contribution in [1.29, 1.82) is 0 Å². The number of benzene rings is 1. The van der Waals surface area contributed by atoms with Crippen molar-refractivity contribution >= 4 is 0 Å². The van der Waals surface area contributed by atoms with E-state index in [1.807, 2.05) is 12.1 Å². The smallest absolute Gasteiger partial charge is 0.115 e. The monoisotopic (exact) mass is 261 g/mol. The van der Waals surface area contributed by atoms with E-state index in [2.05, 4.69) is 26.1 Å². The molecule has 0 radical (unpaired) electrons. The molecule has 2 heteroatoms. The first-order chi connectivity index (χ1) is 8.97. The summed E-state index contributed by atoms with van der Waals surface area (Å²) in [4.78, 5) is 0. The topological polar surface area (TPSA) is 32.3 Å². The fraction of sp³-hybridized carbons (Fsp3) is 0.647. The van der Waals surface area contributed by atoms with Gasteiger partial charge in [0.15, 0.2) is 0 Å². The van der Waals surface area contributed by atoms with E-state index < -0.39 is 0 Å². The van der Waals surface area contributed by atoms with Gasteiger partial charge in [0.25, 0.3) is 0 Å². The molecule has 1 unspecified atom stereocenters. The molecule has 2 N–H and O–H groups in total. The van der Waals surface area contributed by atoms with Gasteiger partial charge < -0.3 is 10.4 Å². The van der Waals surface area contributed by atoms with Crippen molar-refractivity contribution in [3.8, 4) is 5.75 Å². The Hall–Kier alpha value is -1.02. The van der Waals surface area contributed by atoms with Crippen molar-refractivity contribution in [2.45, 2.75) is 65.0 Å². The summed E-state index contributed by atoms with van der Waals surface area (Å²) in [5.41, 5.74) is 1.45. The summed E-state index contributed by atoms with van der Waals surface area (Å²) < 4.78 is 0. The molecule has 1 aliphatic carbocycles. The summed E-state index contributed by atoms with van der Waals surface area (Å²) in [7, 11) is 0. The standard InChI is InChI=1S/C17H27NO/c1-17(2,3)16(13-9-11-15(19)12-10-13)18-14-7-5-4-6-8-14/h9-12,14,16,18-19H,4-8H2,1-3H3. The zero-order valence-electron chi connectivity index (χ0n) is 12.4. The lowest BCUT2D eigenvalue weighted by Crippen LogP contribution is -2.40. The number of hydrogen-bond donors (Lipinski definition) is 2. The third kappa shape index (κ3) is 3.97. The van der Waals surface area contributed by atoms with Gasteiger partial charge in [-0.25, -0.2) is 0 Å². The third-order valence-corrected chi connectivity index (χ3v) is 4.10. The highest BCUT2D eigenvalue weighted by Crippen LogP contribution is 2.35. The summed E-state index contributed by atoms with van der Waals surface area (Å²) in [6, 6.07) is 8.65. The highest BCUT2D eigenvalue weighted by atomic mass is 16.3. The van der Waals surface area contributed by atoms with Crippen LogP contribution in [0.15, 0.2) is 24.3 Å². The molecule has 0 saturated heterocycles. The maximum atomic E-state index is 9.44. The molecular formula is C17H27NO. The van der Waals surface area contributed by atoms with Crippen LogP contribution in [0.1, 0.15) is 64.5 Å².